The fraction of sp³-hybridized carbons (Fsp3) is 0.474. The van der Waals surface area contributed by atoms with Crippen LogP contribution in [0.5, 0.6) is 0 Å². The Hall–Kier alpha value is -1.94. The van der Waals surface area contributed by atoms with Crippen molar-refractivity contribution in [3.05, 3.63) is 40.6 Å². The quantitative estimate of drug-likeness (QED) is 0.948. The van der Waals surface area contributed by atoms with E-state index in [-0.39, 0.29) is 5.91 Å². The molecule has 1 fully saturated rings. The molecule has 0 saturated carbocycles. The second kappa shape index (κ2) is 6.28. The zero-order valence-electron chi connectivity index (χ0n) is 14.4. The molecule has 0 bridgehead atoms. The van der Waals surface area contributed by atoms with Crippen LogP contribution in [-0.2, 0) is 0 Å². The number of rotatable bonds is 3. The first kappa shape index (κ1) is 15.9. The summed E-state index contributed by atoms with van der Waals surface area (Å²) in [6.07, 6.45) is 1.16. The summed E-state index contributed by atoms with van der Waals surface area (Å²) >= 11 is 0. The molecule has 1 amide bonds. The number of likely N-dealkylation sites (tertiary alicyclic amines) is 1. The van der Waals surface area contributed by atoms with Gasteiger partial charge in [0.05, 0.1) is 11.1 Å². The summed E-state index contributed by atoms with van der Waals surface area (Å²) in [6.45, 7) is 8.99. The highest BCUT2D eigenvalue weighted by atomic mass is 16.1. The van der Waals surface area contributed by atoms with Gasteiger partial charge < -0.3 is 10.2 Å². The minimum atomic E-state index is 0.0157. The first-order valence-electron chi connectivity index (χ1n) is 8.29. The van der Waals surface area contributed by atoms with Crippen molar-refractivity contribution in [3.8, 4) is 0 Å². The van der Waals surface area contributed by atoms with E-state index in [2.05, 4.69) is 48.2 Å². The van der Waals surface area contributed by atoms with Gasteiger partial charge in [-0.2, -0.15) is 0 Å². The lowest BCUT2D eigenvalue weighted by molar-refractivity contribution is 0.0949. The van der Waals surface area contributed by atoms with Gasteiger partial charge in [-0.15, -0.1) is 0 Å². The normalized spacial score (nSPS) is 18.5. The van der Waals surface area contributed by atoms with Crippen molar-refractivity contribution in [2.45, 2.75) is 27.2 Å². The van der Waals surface area contributed by atoms with E-state index in [9.17, 15) is 4.79 Å². The van der Waals surface area contributed by atoms with Crippen LogP contribution in [0.2, 0.25) is 0 Å². The zero-order valence-corrected chi connectivity index (χ0v) is 14.4. The summed E-state index contributed by atoms with van der Waals surface area (Å²) in [7, 11) is 2.13. The molecule has 1 N–H and O–H groups in total. The molecule has 1 saturated heterocycles. The standard InChI is InChI=1S/C19H25N3O/c1-12-7-13(2)18-16(9-14(3)21-17(18)8-12)19(23)20-10-15-5-6-22(4)11-15/h7-9,15H,5-6,10-11H2,1-4H3,(H,20,23). The number of nitrogens with one attached hydrogen (secondary N) is 1. The number of hydrogen-bond donors (Lipinski definition) is 1. The first-order valence-corrected chi connectivity index (χ1v) is 8.29. The van der Waals surface area contributed by atoms with Gasteiger partial charge in [-0.3, -0.25) is 9.78 Å². The van der Waals surface area contributed by atoms with Gasteiger partial charge in [-0.1, -0.05) is 6.07 Å². The highest BCUT2D eigenvalue weighted by Gasteiger charge is 2.21. The third-order valence-corrected chi connectivity index (χ3v) is 4.66. The number of fused-ring (bicyclic) bond motifs is 1. The van der Waals surface area contributed by atoms with Gasteiger partial charge in [0.25, 0.3) is 5.91 Å². The van der Waals surface area contributed by atoms with E-state index in [4.69, 9.17) is 0 Å². The van der Waals surface area contributed by atoms with Crippen LogP contribution in [0.25, 0.3) is 10.9 Å². The number of hydrogen-bond acceptors (Lipinski definition) is 3. The predicted octanol–water partition coefficient (Wildman–Crippen LogP) is 2.84. The minimum Gasteiger partial charge on any atom is -0.352 e. The van der Waals surface area contributed by atoms with Crippen LogP contribution < -0.4 is 5.32 Å². The van der Waals surface area contributed by atoms with E-state index < -0.39 is 0 Å². The molecule has 1 aliphatic rings. The van der Waals surface area contributed by atoms with Crippen molar-refractivity contribution in [1.82, 2.24) is 15.2 Å². The Kier molecular flexibility index (Phi) is 4.35. The lowest BCUT2D eigenvalue weighted by Crippen LogP contribution is -2.30. The van der Waals surface area contributed by atoms with Crippen molar-refractivity contribution < 1.29 is 4.79 Å². The lowest BCUT2D eigenvalue weighted by Gasteiger charge is -2.14. The number of nitrogens with zero attached hydrogens (tertiary/aromatic N) is 2. The van der Waals surface area contributed by atoms with E-state index in [0.717, 1.165) is 53.8 Å². The number of carbonyl (C=O) groups excluding carboxylic acids is 1. The number of benzene rings is 1. The molecule has 0 radical (unpaired) electrons. The van der Waals surface area contributed by atoms with Crippen LogP contribution in [0.1, 0.15) is 33.6 Å². The van der Waals surface area contributed by atoms with Crippen LogP contribution in [-0.4, -0.2) is 42.5 Å². The Morgan fingerprint density at radius 1 is 1.30 bits per heavy atom. The first-order chi connectivity index (χ1) is 10.9. The molecule has 1 aromatic heterocycles. The van der Waals surface area contributed by atoms with Crippen LogP contribution in [0, 0.1) is 26.7 Å². The molecule has 1 atom stereocenters. The molecule has 2 aromatic rings. The Morgan fingerprint density at radius 2 is 2.09 bits per heavy atom. The van der Waals surface area contributed by atoms with Crippen molar-refractivity contribution in [1.29, 1.82) is 0 Å². The molecule has 0 aliphatic carbocycles. The molecule has 4 heteroatoms. The maximum Gasteiger partial charge on any atom is 0.252 e. The molecular formula is C19H25N3O. The minimum absolute atomic E-state index is 0.0157. The van der Waals surface area contributed by atoms with E-state index in [1.165, 1.54) is 5.56 Å². The summed E-state index contributed by atoms with van der Waals surface area (Å²) in [5, 5.41) is 4.10. The maximum atomic E-state index is 12.7. The van der Waals surface area contributed by atoms with E-state index >= 15 is 0 Å². The van der Waals surface area contributed by atoms with Crippen molar-refractivity contribution in [2.75, 3.05) is 26.7 Å². The Balaban J connectivity index is 1.87. The highest BCUT2D eigenvalue weighted by molar-refractivity contribution is 6.07. The maximum absolute atomic E-state index is 12.7. The Labute approximate surface area is 137 Å². The fourth-order valence-corrected chi connectivity index (χ4v) is 3.59. The summed E-state index contributed by atoms with van der Waals surface area (Å²) in [5.41, 5.74) is 4.82. The molecule has 1 unspecified atom stereocenters. The SMILES string of the molecule is Cc1cc(C)c2c(C(=O)NCC3CCN(C)C3)cc(C)nc2c1. The molecule has 0 spiro atoms. The van der Waals surface area contributed by atoms with Crippen LogP contribution in [0.3, 0.4) is 0 Å². The van der Waals surface area contributed by atoms with Gasteiger partial charge in [0.2, 0.25) is 0 Å². The van der Waals surface area contributed by atoms with Crippen LogP contribution >= 0.6 is 0 Å². The number of aromatic nitrogens is 1. The molecule has 4 nitrogen and oxygen atoms in total. The highest BCUT2D eigenvalue weighted by Crippen LogP contribution is 2.24. The van der Waals surface area contributed by atoms with Gasteiger partial charge in [0, 0.05) is 24.2 Å². The Morgan fingerprint density at radius 3 is 2.78 bits per heavy atom. The lowest BCUT2D eigenvalue weighted by atomic mass is 10.00. The predicted molar refractivity (Wildman–Crippen MR) is 93.9 cm³/mol. The van der Waals surface area contributed by atoms with Crippen molar-refractivity contribution in [3.63, 3.8) is 0 Å². The van der Waals surface area contributed by atoms with Gasteiger partial charge in [-0.05, 0) is 70.0 Å². The molecule has 1 aliphatic heterocycles. The largest absolute Gasteiger partial charge is 0.352 e. The summed E-state index contributed by atoms with van der Waals surface area (Å²) < 4.78 is 0. The van der Waals surface area contributed by atoms with Gasteiger partial charge in [-0.25, -0.2) is 0 Å². The topological polar surface area (TPSA) is 45.2 Å². The van der Waals surface area contributed by atoms with E-state index in [1.54, 1.807) is 0 Å². The number of carbonyl (C=O) groups is 1. The molecular weight excluding hydrogens is 286 g/mol. The summed E-state index contributed by atoms with van der Waals surface area (Å²) in [5.74, 6) is 0.573. The van der Waals surface area contributed by atoms with E-state index in [1.807, 2.05) is 13.0 Å². The smallest absolute Gasteiger partial charge is 0.252 e. The molecule has 3 rings (SSSR count). The van der Waals surface area contributed by atoms with Crippen LogP contribution in [0.4, 0.5) is 0 Å². The van der Waals surface area contributed by atoms with E-state index in [0.29, 0.717) is 5.92 Å². The molecule has 122 valence electrons. The van der Waals surface area contributed by atoms with Crippen LogP contribution in [0.15, 0.2) is 18.2 Å². The number of pyridine rings is 1. The monoisotopic (exact) mass is 311 g/mol. The zero-order chi connectivity index (χ0) is 16.6. The van der Waals surface area contributed by atoms with Crippen molar-refractivity contribution in [2.24, 2.45) is 5.92 Å². The summed E-state index contributed by atoms with van der Waals surface area (Å²) in [4.78, 5) is 19.7. The second-order valence-electron chi connectivity index (χ2n) is 6.91. The third-order valence-electron chi connectivity index (χ3n) is 4.66. The number of amides is 1. The fourth-order valence-electron chi connectivity index (χ4n) is 3.59. The molecule has 23 heavy (non-hydrogen) atoms. The van der Waals surface area contributed by atoms with Gasteiger partial charge in [0.15, 0.2) is 0 Å². The summed E-state index contributed by atoms with van der Waals surface area (Å²) in [6, 6.07) is 6.07. The Bertz CT molecular complexity index is 749. The third kappa shape index (κ3) is 3.37. The molecule has 1 aromatic carbocycles. The van der Waals surface area contributed by atoms with Gasteiger partial charge in [0.1, 0.15) is 0 Å². The average Bonchev–Trinajstić information content (AvgIpc) is 2.88. The van der Waals surface area contributed by atoms with Gasteiger partial charge >= 0.3 is 0 Å². The second-order valence-corrected chi connectivity index (χ2v) is 6.91. The molecule has 2 heterocycles. The average molecular weight is 311 g/mol. The van der Waals surface area contributed by atoms with Crippen molar-refractivity contribution >= 4 is 16.8 Å². The number of aryl methyl sites for hydroxylation is 3.